The van der Waals surface area contributed by atoms with E-state index in [0.29, 0.717) is 32.5 Å². The first-order chi connectivity index (χ1) is 12.5. The molecule has 0 bridgehead atoms. The number of amides is 2. The van der Waals surface area contributed by atoms with Gasteiger partial charge in [0.25, 0.3) is 0 Å². The van der Waals surface area contributed by atoms with Crippen molar-refractivity contribution in [2.24, 2.45) is 11.7 Å². The van der Waals surface area contributed by atoms with Gasteiger partial charge in [0, 0.05) is 30.4 Å². The van der Waals surface area contributed by atoms with Crippen LogP contribution in [0.5, 0.6) is 0 Å². The molecule has 0 spiro atoms. The van der Waals surface area contributed by atoms with E-state index >= 15 is 0 Å². The number of carbonyl (C=O) groups is 2. The summed E-state index contributed by atoms with van der Waals surface area (Å²) in [6, 6.07) is 3.79. The number of nitrogens with two attached hydrogens (primary N) is 1. The Morgan fingerprint density at radius 2 is 2.15 bits per heavy atom. The minimum Gasteiger partial charge on any atom is -0.351 e. The van der Waals surface area contributed by atoms with Gasteiger partial charge in [0.1, 0.15) is 0 Å². The molecule has 2 heterocycles. The number of hydrogen-bond donors (Lipinski definition) is 2. The van der Waals surface area contributed by atoms with Gasteiger partial charge in [-0.1, -0.05) is 12.5 Å². The summed E-state index contributed by atoms with van der Waals surface area (Å²) in [5.41, 5.74) is 6.16. The number of carbonyl (C=O) groups excluding carboxylic acids is 2. The lowest BCUT2D eigenvalue weighted by atomic mass is 9.91. The van der Waals surface area contributed by atoms with E-state index in [2.05, 4.69) is 24.3 Å². The van der Waals surface area contributed by atoms with E-state index in [-0.39, 0.29) is 23.8 Å². The molecule has 1 aromatic rings. The molecule has 0 aliphatic carbocycles. The Hall–Kier alpha value is -1.44. The van der Waals surface area contributed by atoms with Crippen LogP contribution in [-0.2, 0) is 16.1 Å². The Labute approximate surface area is 160 Å². The van der Waals surface area contributed by atoms with Crippen molar-refractivity contribution in [3.8, 4) is 0 Å². The quantitative estimate of drug-likeness (QED) is 0.639. The minimum absolute atomic E-state index is 0.0469. The largest absolute Gasteiger partial charge is 0.351 e. The highest BCUT2D eigenvalue weighted by Crippen LogP contribution is 2.18. The van der Waals surface area contributed by atoms with E-state index in [1.54, 1.807) is 11.3 Å². The van der Waals surface area contributed by atoms with Gasteiger partial charge in [0.2, 0.25) is 11.8 Å². The molecule has 2 rings (SSSR count). The summed E-state index contributed by atoms with van der Waals surface area (Å²) in [6.07, 6.45) is 4.32. The topological polar surface area (TPSA) is 78.7 Å². The SMILES string of the molecule is CN(C)CCCCCC(=O)N1CC[C@@H](N)[C@@H](C(=O)NCc2cccs2)C1. The van der Waals surface area contributed by atoms with Gasteiger partial charge in [-0.25, -0.2) is 0 Å². The Bertz CT molecular complexity index is 562. The van der Waals surface area contributed by atoms with E-state index in [0.717, 1.165) is 30.7 Å². The van der Waals surface area contributed by atoms with Crippen molar-refractivity contribution in [3.63, 3.8) is 0 Å². The highest BCUT2D eigenvalue weighted by Gasteiger charge is 2.33. The van der Waals surface area contributed by atoms with Crippen molar-refractivity contribution < 1.29 is 9.59 Å². The van der Waals surface area contributed by atoms with Crippen LogP contribution in [-0.4, -0.2) is 61.4 Å². The molecule has 0 radical (unpaired) electrons. The number of hydrogen-bond acceptors (Lipinski definition) is 5. The summed E-state index contributed by atoms with van der Waals surface area (Å²) < 4.78 is 0. The van der Waals surface area contributed by atoms with Crippen LogP contribution < -0.4 is 11.1 Å². The summed E-state index contributed by atoms with van der Waals surface area (Å²) in [5.74, 6) is -0.214. The zero-order valence-corrected chi connectivity index (χ0v) is 16.8. The highest BCUT2D eigenvalue weighted by molar-refractivity contribution is 7.09. The molecule has 26 heavy (non-hydrogen) atoms. The Morgan fingerprint density at radius 1 is 1.35 bits per heavy atom. The van der Waals surface area contributed by atoms with Crippen LogP contribution in [0.25, 0.3) is 0 Å². The lowest BCUT2D eigenvalue weighted by Gasteiger charge is -2.36. The maximum absolute atomic E-state index is 12.5. The summed E-state index contributed by atoms with van der Waals surface area (Å²) in [7, 11) is 4.12. The number of likely N-dealkylation sites (tertiary alicyclic amines) is 1. The molecule has 2 amide bonds. The molecule has 2 atom stereocenters. The number of nitrogens with one attached hydrogen (secondary N) is 1. The van der Waals surface area contributed by atoms with Crippen LogP contribution in [0, 0.1) is 5.92 Å². The van der Waals surface area contributed by atoms with Crippen molar-refractivity contribution in [3.05, 3.63) is 22.4 Å². The predicted octanol–water partition coefficient (Wildman–Crippen LogP) is 1.66. The third-order valence-corrected chi connectivity index (χ3v) is 5.75. The second-order valence-electron chi connectivity index (χ2n) is 7.31. The van der Waals surface area contributed by atoms with Gasteiger partial charge in [-0.15, -0.1) is 11.3 Å². The molecule has 0 saturated carbocycles. The summed E-state index contributed by atoms with van der Waals surface area (Å²) in [6.45, 7) is 2.68. The van der Waals surface area contributed by atoms with E-state index < -0.39 is 0 Å². The monoisotopic (exact) mass is 380 g/mol. The van der Waals surface area contributed by atoms with Crippen molar-refractivity contribution in [2.75, 3.05) is 33.7 Å². The molecule has 3 N–H and O–H groups in total. The molecule has 1 saturated heterocycles. The number of thiophene rings is 1. The minimum atomic E-state index is -0.318. The zero-order chi connectivity index (χ0) is 18.9. The van der Waals surface area contributed by atoms with Crippen LogP contribution >= 0.6 is 11.3 Å². The summed E-state index contributed by atoms with van der Waals surface area (Å²) in [5, 5.41) is 4.96. The lowest BCUT2D eigenvalue weighted by molar-refractivity contribution is -0.136. The number of rotatable bonds is 9. The fourth-order valence-electron chi connectivity index (χ4n) is 3.23. The Balaban J connectivity index is 1.75. The molecule has 1 aliphatic rings. The normalized spacial score (nSPS) is 20.4. The summed E-state index contributed by atoms with van der Waals surface area (Å²) >= 11 is 1.62. The number of unbranched alkanes of at least 4 members (excludes halogenated alkanes) is 2. The van der Waals surface area contributed by atoms with Gasteiger partial charge in [0.05, 0.1) is 12.5 Å². The number of nitrogens with zero attached hydrogens (tertiary/aromatic N) is 2. The maximum atomic E-state index is 12.5. The Kier molecular flexibility index (Phi) is 8.54. The van der Waals surface area contributed by atoms with Gasteiger partial charge in [-0.3, -0.25) is 9.59 Å². The first-order valence-corrected chi connectivity index (χ1v) is 10.3. The summed E-state index contributed by atoms with van der Waals surface area (Å²) in [4.78, 5) is 30.1. The molecule has 0 aromatic carbocycles. The standard InChI is InChI=1S/C19H32N4O2S/c1-22(2)10-5-3-4-8-18(24)23-11-9-17(20)16(14-23)19(25)21-13-15-7-6-12-26-15/h6-7,12,16-17H,3-5,8-11,13-14,20H2,1-2H3,(H,21,25)/t16-,17+/m0/s1. The fourth-order valence-corrected chi connectivity index (χ4v) is 3.88. The van der Waals surface area contributed by atoms with E-state index in [9.17, 15) is 9.59 Å². The average Bonchev–Trinajstić information content (AvgIpc) is 3.13. The second kappa shape index (κ2) is 10.6. The predicted molar refractivity (Wildman–Crippen MR) is 106 cm³/mol. The van der Waals surface area contributed by atoms with Crippen LogP contribution in [0.15, 0.2) is 17.5 Å². The van der Waals surface area contributed by atoms with Crippen molar-refractivity contribution in [2.45, 2.75) is 44.7 Å². The lowest BCUT2D eigenvalue weighted by Crippen LogP contribution is -2.54. The van der Waals surface area contributed by atoms with Crippen LogP contribution in [0.2, 0.25) is 0 Å². The van der Waals surface area contributed by atoms with Gasteiger partial charge in [-0.2, -0.15) is 0 Å². The molecular weight excluding hydrogens is 348 g/mol. The van der Waals surface area contributed by atoms with E-state index in [1.165, 1.54) is 0 Å². The van der Waals surface area contributed by atoms with Crippen LogP contribution in [0.3, 0.4) is 0 Å². The maximum Gasteiger partial charge on any atom is 0.226 e. The fraction of sp³-hybridized carbons (Fsp3) is 0.684. The van der Waals surface area contributed by atoms with Gasteiger partial charge >= 0.3 is 0 Å². The van der Waals surface area contributed by atoms with Crippen LogP contribution in [0.1, 0.15) is 37.0 Å². The molecule has 7 heteroatoms. The third kappa shape index (κ3) is 6.70. The molecule has 1 aliphatic heterocycles. The molecule has 146 valence electrons. The molecule has 0 unspecified atom stereocenters. The van der Waals surface area contributed by atoms with Gasteiger partial charge < -0.3 is 20.9 Å². The van der Waals surface area contributed by atoms with Crippen molar-refractivity contribution in [1.82, 2.24) is 15.1 Å². The Morgan fingerprint density at radius 3 is 2.85 bits per heavy atom. The molecule has 1 aromatic heterocycles. The van der Waals surface area contributed by atoms with E-state index in [4.69, 9.17) is 5.73 Å². The van der Waals surface area contributed by atoms with Gasteiger partial charge in [-0.05, 0) is 51.3 Å². The third-order valence-electron chi connectivity index (χ3n) is 4.87. The molecular formula is C19H32N4O2S. The van der Waals surface area contributed by atoms with Gasteiger partial charge in [0.15, 0.2) is 0 Å². The highest BCUT2D eigenvalue weighted by atomic mass is 32.1. The molecule has 1 fully saturated rings. The van der Waals surface area contributed by atoms with E-state index in [1.807, 2.05) is 22.4 Å². The number of piperidine rings is 1. The van der Waals surface area contributed by atoms with Crippen molar-refractivity contribution >= 4 is 23.2 Å². The second-order valence-corrected chi connectivity index (χ2v) is 8.34. The average molecular weight is 381 g/mol. The van der Waals surface area contributed by atoms with Crippen molar-refractivity contribution in [1.29, 1.82) is 0 Å². The molecule has 6 nitrogen and oxygen atoms in total. The first-order valence-electron chi connectivity index (χ1n) is 9.45. The zero-order valence-electron chi connectivity index (χ0n) is 15.9. The first kappa shape index (κ1) is 20.9. The smallest absolute Gasteiger partial charge is 0.226 e. The van der Waals surface area contributed by atoms with Crippen LogP contribution in [0.4, 0.5) is 0 Å².